The summed E-state index contributed by atoms with van der Waals surface area (Å²) >= 11 is 0. The van der Waals surface area contributed by atoms with Crippen LogP contribution in [0.3, 0.4) is 0 Å². The van der Waals surface area contributed by atoms with Crippen LogP contribution >= 0.6 is 0 Å². The number of aromatic nitrogens is 3. The van der Waals surface area contributed by atoms with Crippen molar-refractivity contribution in [2.75, 3.05) is 19.0 Å². The van der Waals surface area contributed by atoms with E-state index in [0.29, 0.717) is 0 Å². The summed E-state index contributed by atoms with van der Waals surface area (Å²) in [5, 5.41) is 0. The van der Waals surface area contributed by atoms with Crippen molar-refractivity contribution in [3.05, 3.63) is 41.2 Å². The van der Waals surface area contributed by atoms with Crippen LogP contribution in [0.25, 0.3) is 22.3 Å². The summed E-state index contributed by atoms with van der Waals surface area (Å²) in [7, 11) is 4.03. The van der Waals surface area contributed by atoms with Crippen LogP contribution in [0.15, 0.2) is 24.4 Å². The molecular weight excluding hydrogens is 272 g/mol. The molecule has 0 unspecified atom stereocenters. The quantitative estimate of drug-likeness (QED) is 0.797. The van der Waals surface area contributed by atoms with Crippen molar-refractivity contribution in [2.24, 2.45) is 0 Å². The molecule has 0 aliphatic heterocycles. The van der Waals surface area contributed by atoms with Crippen LogP contribution in [-0.2, 0) is 6.42 Å². The molecule has 3 aromatic heterocycles. The fourth-order valence-corrected chi connectivity index (χ4v) is 2.78. The zero-order valence-corrected chi connectivity index (χ0v) is 13.9. The molecule has 0 fully saturated rings. The van der Waals surface area contributed by atoms with Crippen LogP contribution in [0.2, 0.25) is 0 Å². The second-order valence-electron chi connectivity index (χ2n) is 5.93. The first-order chi connectivity index (χ1) is 10.5. The molecule has 0 atom stereocenters. The molecule has 0 saturated carbocycles. The van der Waals surface area contributed by atoms with E-state index in [4.69, 9.17) is 9.97 Å². The van der Waals surface area contributed by atoms with Crippen LogP contribution in [-0.4, -0.2) is 29.0 Å². The molecule has 0 aromatic carbocycles. The normalized spacial score (nSPS) is 11.1. The van der Waals surface area contributed by atoms with Gasteiger partial charge in [-0.05, 0) is 49.6 Å². The molecule has 4 nitrogen and oxygen atoms in total. The number of nitrogens with zero attached hydrogens (tertiary/aromatic N) is 3. The summed E-state index contributed by atoms with van der Waals surface area (Å²) < 4.78 is 0. The molecule has 0 bridgehead atoms. The fraction of sp³-hybridized carbons (Fsp3) is 0.333. The number of hydrogen-bond acceptors (Lipinski definition) is 3. The SMILES string of the molecule is CCc1nc(N(C)C)ccc1-c1nc2c(C)c[nH]c2cc1C. The predicted molar refractivity (Wildman–Crippen MR) is 92.5 cm³/mol. The van der Waals surface area contributed by atoms with Gasteiger partial charge >= 0.3 is 0 Å². The Bertz CT molecular complexity index is 830. The molecule has 3 heterocycles. The van der Waals surface area contributed by atoms with Crippen molar-refractivity contribution in [3.8, 4) is 11.3 Å². The molecule has 114 valence electrons. The van der Waals surface area contributed by atoms with Gasteiger partial charge in [-0.3, -0.25) is 0 Å². The third-order valence-electron chi connectivity index (χ3n) is 4.04. The minimum atomic E-state index is 0.891. The summed E-state index contributed by atoms with van der Waals surface area (Å²) in [4.78, 5) is 15.0. The Hall–Kier alpha value is -2.36. The van der Waals surface area contributed by atoms with E-state index in [0.717, 1.165) is 40.2 Å². The fourth-order valence-electron chi connectivity index (χ4n) is 2.78. The van der Waals surface area contributed by atoms with Gasteiger partial charge in [0.15, 0.2) is 0 Å². The Morgan fingerprint density at radius 2 is 1.86 bits per heavy atom. The maximum absolute atomic E-state index is 4.90. The van der Waals surface area contributed by atoms with Gasteiger partial charge in [-0.15, -0.1) is 0 Å². The van der Waals surface area contributed by atoms with Crippen LogP contribution < -0.4 is 4.90 Å². The van der Waals surface area contributed by atoms with Gasteiger partial charge in [-0.2, -0.15) is 0 Å². The van der Waals surface area contributed by atoms with Crippen LogP contribution in [0, 0.1) is 13.8 Å². The van der Waals surface area contributed by atoms with E-state index < -0.39 is 0 Å². The molecule has 1 N–H and O–H groups in total. The maximum Gasteiger partial charge on any atom is 0.128 e. The first-order valence-corrected chi connectivity index (χ1v) is 7.64. The van der Waals surface area contributed by atoms with Crippen LogP contribution in [0.4, 0.5) is 5.82 Å². The highest BCUT2D eigenvalue weighted by Crippen LogP contribution is 2.29. The van der Waals surface area contributed by atoms with Crippen LogP contribution in [0.1, 0.15) is 23.7 Å². The van der Waals surface area contributed by atoms with Crippen molar-refractivity contribution in [1.82, 2.24) is 15.0 Å². The summed E-state index contributed by atoms with van der Waals surface area (Å²) in [6.07, 6.45) is 2.90. The topological polar surface area (TPSA) is 44.8 Å². The van der Waals surface area contributed by atoms with Crippen LogP contribution in [0.5, 0.6) is 0 Å². The number of H-pyrrole nitrogens is 1. The van der Waals surface area contributed by atoms with Gasteiger partial charge < -0.3 is 9.88 Å². The highest BCUT2D eigenvalue weighted by atomic mass is 15.1. The Morgan fingerprint density at radius 3 is 2.55 bits per heavy atom. The number of nitrogens with one attached hydrogen (secondary N) is 1. The lowest BCUT2D eigenvalue weighted by Gasteiger charge is -2.15. The molecule has 0 spiro atoms. The Balaban J connectivity index is 2.22. The lowest BCUT2D eigenvalue weighted by atomic mass is 10.0. The van der Waals surface area contributed by atoms with Gasteiger partial charge in [0.25, 0.3) is 0 Å². The van der Waals surface area contributed by atoms with Gasteiger partial charge in [0.1, 0.15) is 5.82 Å². The Labute approximate surface area is 131 Å². The first-order valence-electron chi connectivity index (χ1n) is 7.64. The van der Waals surface area contributed by atoms with E-state index in [-0.39, 0.29) is 0 Å². The second kappa shape index (κ2) is 5.44. The van der Waals surface area contributed by atoms with Gasteiger partial charge in [0, 0.05) is 25.9 Å². The molecule has 0 aliphatic rings. The zero-order valence-electron chi connectivity index (χ0n) is 13.9. The number of aryl methyl sites for hydroxylation is 3. The molecular formula is C18H22N4. The predicted octanol–water partition coefficient (Wildman–Crippen LogP) is 3.87. The van der Waals surface area contributed by atoms with Gasteiger partial charge in [0.2, 0.25) is 0 Å². The summed E-state index contributed by atoms with van der Waals surface area (Å²) in [5.74, 6) is 0.983. The smallest absolute Gasteiger partial charge is 0.128 e. The number of aromatic amines is 1. The van der Waals surface area contributed by atoms with E-state index in [1.54, 1.807) is 0 Å². The van der Waals surface area contributed by atoms with E-state index in [9.17, 15) is 0 Å². The van der Waals surface area contributed by atoms with E-state index in [1.807, 2.05) is 25.2 Å². The largest absolute Gasteiger partial charge is 0.363 e. The average Bonchev–Trinajstić information content (AvgIpc) is 2.86. The number of fused-ring (bicyclic) bond motifs is 1. The van der Waals surface area contributed by atoms with Crippen molar-refractivity contribution in [3.63, 3.8) is 0 Å². The van der Waals surface area contributed by atoms with Gasteiger partial charge in [-0.25, -0.2) is 9.97 Å². The molecule has 0 aliphatic carbocycles. The number of hydrogen-bond donors (Lipinski definition) is 1. The summed E-state index contributed by atoms with van der Waals surface area (Å²) in [6, 6.07) is 6.37. The molecule has 3 rings (SSSR count). The third-order valence-corrected chi connectivity index (χ3v) is 4.04. The van der Waals surface area contributed by atoms with E-state index >= 15 is 0 Å². The zero-order chi connectivity index (χ0) is 15.9. The Morgan fingerprint density at radius 1 is 1.09 bits per heavy atom. The maximum atomic E-state index is 4.90. The third kappa shape index (κ3) is 2.34. The summed E-state index contributed by atoms with van der Waals surface area (Å²) in [6.45, 7) is 6.33. The van der Waals surface area contributed by atoms with Crippen molar-refractivity contribution in [1.29, 1.82) is 0 Å². The lowest BCUT2D eigenvalue weighted by molar-refractivity contribution is 0.988. The average molecular weight is 294 g/mol. The number of pyridine rings is 2. The minimum Gasteiger partial charge on any atom is -0.363 e. The summed E-state index contributed by atoms with van der Waals surface area (Å²) in [5.41, 5.74) is 7.73. The van der Waals surface area contributed by atoms with Crippen molar-refractivity contribution in [2.45, 2.75) is 27.2 Å². The highest BCUT2D eigenvalue weighted by molar-refractivity contribution is 5.83. The number of anilines is 1. The van der Waals surface area contributed by atoms with Gasteiger partial charge in [0.05, 0.1) is 22.4 Å². The minimum absolute atomic E-state index is 0.891. The van der Waals surface area contributed by atoms with Crippen molar-refractivity contribution >= 4 is 16.9 Å². The number of rotatable bonds is 3. The Kier molecular flexibility index (Phi) is 3.61. The van der Waals surface area contributed by atoms with Gasteiger partial charge in [-0.1, -0.05) is 6.92 Å². The molecule has 0 amide bonds. The monoisotopic (exact) mass is 294 g/mol. The van der Waals surface area contributed by atoms with E-state index in [2.05, 4.69) is 44.0 Å². The first kappa shape index (κ1) is 14.6. The highest BCUT2D eigenvalue weighted by Gasteiger charge is 2.13. The molecule has 3 aromatic rings. The molecule has 0 radical (unpaired) electrons. The lowest BCUT2D eigenvalue weighted by Crippen LogP contribution is -2.12. The molecule has 4 heteroatoms. The standard InChI is InChI=1S/C18H22N4/c1-6-14-13(7-8-16(20-14)22(4)5)17-11(2)9-15-18(21-17)12(3)10-19-15/h7-10,19H,6H2,1-5H3. The molecule has 0 saturated heterocycles. The van der Waals surface area contributed by atoms with Crippen molar-refractivity contribution < 1.29 is 0 Å². The second-order valence-corrected chi connectivity index (χ2v) is 5.93. The van der Waals surface area contributed by atoms with E-state index in [1.165, 1.54) is 11.1 Å². The molecule has 22 heavy (non-hydrogen) atoms.